The molecule has 18 heavy (non-hydrogen) atoms. The molecule has 1 atom stereocenters. The van der Waals surface area contributed by atoms with Crippen molar-refractivity contribution in [3.05, 3.63) is 64.4 Å². The van der Waals surface area contributed by atoms with E-state index in [1.54, 1.807) is 6.20 Å². The molecule has 0 aliphatic heterocycles. The number of aromatic nitrogens is 1. The molecule has 1 unspecified atom stereocenters. The Morgan fingerprint density at radius 3 is 2.50 bits per heavy atom. The second kappa shape index (κ2) is 5.78. The highest BCUT2D eigenvalue weighted by Gasteiger charge is 2.18. The van der Waals surface area contributed by atoms with Gasteiger partial charge in [-0.1, -0.05) is 34.1 Å². The van der Waals surface area contributed by atoms with Gasteiger partial charge in [0.15, 0.2) is 0 Å². The number of rotatable bonds is 4. The summed E-state index contributed by atoms with van der Waals surface area (Å²) in [6.45, 7) is 0. The minimum Gasteiger partial charge on any atom is -0.481 e. The van der Waals surface area contributed by atoms with Gasteiger partial charge in [0.05, 0.1) is 6.42 Å². The van der Waals surface area contributed by atoms with Crippen molar-refractivity contribution in [2.75, 3.05) is 0 Å². The number of benzene rings is 1. The van der Waals surface area contributed by atoms with E-state index in [-0.39, 0.29) is 12.3 Å². The maximum atomic E-state index is 11.0. The molecule has 1 heterocycles. The Morgan fingerprint density at radius 2 is 1.94 bits per heavy atom. The van der Waals surface area contributed by atoms with Crippen LogP contribution in [-0.2, 0) is 4.79 Å². The maximum absolute atomic E-state index is 11.0. The summed E-state index contributed by atoms with van der Waals surface area (Å²) < 4.78 is 0.973. The summed E-state index contributed by atoms with van der Waals surface area (Å²) in [4.78, 5) is 15.2. The molecule has 1 N–H and O–H groups in total. The molecule has 0 saturated heterocycles. The summed E-state index contributed by atoms with van der Waals surface area (Å²) in [5.41, 5.74) is 1.74. The minimum atomic E-state index is -0.825. The van der Waals surface area contributed by atoms with Crippen LogP contribution in [-0.4, -0.2) is 16.1 Å². The first kappa shape index (κ1) is 12.8. The zero-order valence-corrected chi connectivity index (χ0v) is 11.2. The summed E-state index contributed by atoms with van der Waals surface area (Å²) >= 11 is 3.37. The predicted octanol–water partition coefficient (Wildman–Crippen LogP) is 3.45. The quantitative estimate of drug-likeness (QED) is 0.941. The Labute approximate surface area is 114 Å². The standard InChI is InChI=1S/C14H12BrNO2/c15-11-6-4-10(5-7-11)12(9-14(17)18)13-3-1-2-8-16-13/h1-8,12H,9H2,(H,17,18). The topological polar surface area (TPSA) is 50.2 Å². The van der Waals surface area contributed by atoms with Gasteiger partial charge >= 0.3 is 5.97 Å². The van der Waals surface area contributed by atoms with Crippen LogP contribution < -0.4 is 0 Å². The number of carboxylic acid groups (broad SMARTS) is 1. The lowest BCUT2D eigenvalue weighted by atomic mass is 9.92. The zero-order chi connectivity index (χ0) is 13.0. The van der Waals surface area contributed by atoms with Crippen LogP contribution in [0.15, 0.2) is 53.1 Å². The van der Waals surface area contributed by atoms with Crippen molar-refractivity contribution in [3.8, 4) is 0 Å². The van der Waals surface area contributed by atoms with Crippen molar-refractivity contribution >= 4 is 21.9 Å². The van der Waals surface area contributed by atoms with Crippen LogP contribution in [0.25, 0.3) is 0 Å². The van der Waals surface area contributed by atoms with E-state index in [1.807, 2.05) is 42.5 Å². The summed E-state index contributed by atoms with van der Waals surface area (Å²) in [6, 6.07) is 13.2. The number of carbonyl (C=O) groups is 1. The van der Waals surface area contributed by atoms with E-state index >= 15 is 0 Å². The SMILES string of the molecule is O=C(O)CC(c1ccc(Br)cc1)c1ccccn1. The van der Waals surface area contributed by atoms with Gasteiger partial charge < -0.3 is 5.11 Å². The van der Waals surface area contributed by atoms with Crippen molar-refractivity contribution in [2.24, 2.45) is 0 Å². The van der Waals surface area contributed by atoms with Crippen molar-refractivity contribution in [3.63, 3.8) is 0 Å². The Bertz CT molecular complexity index is 525. The fourth-order valence-electron chi connectivity index (χ4n) is 1.84. The molecule has 0 radical (unpaired) electrons. The van der Waals surface area contributed by atoms with Gasteiger partial charge in [-0.2, -0.15) is 0 Å². The molecule has 1 aromatic carbocycles. The third kappa shape index (κ3) is 3.17. The average Bonchev–Trinajstić information content (AvgIpc) is 2.38. The van der Waals surface area contributed by atoms with E-state index in [1.165, 1.54) is 0 Å². The average molecular weight is 306 g/mol. The Morgan fingerprint density at radius 1 is 1.22 bits per heavy atom. The molecule has 0 aliphatic carbocycles. The summed E-state index contributed by atoms with van der Waals surface area (Å²) in [5, 5.41) is 9.02. The van der Waals surface area contributed by atoms with Gasteiger partial charge in [0, 0.05) is 22.3 Å². The van der Waals surface area contributed by atoms with Gasteiger partial charge in [-0.05, 0) is 29.8 Å². The van der Waals surface area contributed by atoms with Gasteiger partial charge in [0.2, 0.25) is 0 Å². The fraction of sp³-hybridized carbons (Fsp3) is 0.143. The number of aliphatic carboxylic acids is 1. The molecule has 0 amide bonds. The molecule has 0 fully saturated rings. The largest absolute Gasteiger partial charge is 0.481 e. The van der Waals surface area contributed by atoms with Crippen molar-refractivity contribution < 1.29 is 9.90 Å². The lowest BCUT2D eigenvalue weighted by molar-refractivity contribution is -0.137. The molecule has 0 bridgehead atoms. The van der Waals surface area contributed by atoms with Crippen LogP contribution in [0.3, 0.4) is 0 Å². The van der Waals surface area contributed by atoms with Gasteiger partial charge in [-0.25, -0.2) is 0 Å². The van der Waals surface area contributed by atoms with Gasteiger partial charge in [-0.15, -0.1) is 0 Å². The second-order valence-electron chi connectivity index (χ2n) is 3.96. The molecule has 1 aromatic heterocycles. The van der Waals surface area contributed by atoms with Crippen LogP contribution in [0.1, 0.15) is 23.6 Å². The first-order valence-electron chi connectivity index (χ1n) is 5.55. The van der Waals surface area contributed by atoms with E-state index in [0.29, 0.717) is 0 Å². The third-order valence-corrected chi connectivity index (χ3v) is 3.22. The second-order valence-corrected chi connectivity index (χ2v) is 4.87. The van der Waals surface area contributed by atoms with Crippen molar-refractivity contribution in [1.29, 1.82) is 0 Å². The van der Waals surface area contributed by atoms with Crippen molar-refractivity contribution in [2.45, 2.75) is 12.3 Å². The molecule has 0 aliphatic rings. The predicted molar refractivity (Wildman–Crippen MR) is 72.5 cm³/mol. The highest BCUT2D eigenvalue weighted by Crippen LogP contribution is 2.27. The Hall–Kier alpha value is -1.68. The van der Waals surface area contributed by atoms with Crippen LogP contribution in [0.2, 0.25) is 0 Å². The van der Waals surface area contributed by atoms with E-state index in [2.05, 4.69) is 20.9 Å². The van der Waals surface area contributed by atoms with Crippen LogP contribution >= 0.6 is 15.9 Å². The van der Waals surface area contributed by atoms with E-state index in [0.717, 1.165) is 15.7 Å². The van der Waals surface area contributed by atoms with E-state index in [9.17, 15) is 4.79 Å². The maximum Gasteiger partial charge on any atom is 0.304 e. The fourth-order valence-corrected chi connectivity index (χ4v) is 2.11. The summed E-state index contributed by atoms with van der Waals surface area (Å²) in [6.07, 6.45) is 1.72. The Kier molecular flexibility index (Phi) is 4.10. The van der Waals surface area contributed by atoms with Crippen LogP contribution in [0, 0.1) is 0 Å². The van der Waals surface area contributed by atoms with Crippen molar-refractivity contribution in [1.82, 2.24) is 4.98 Å². The first-order chi connectivity index (χ1) is 8.66. The number of pyridine rings is 1. The monoisotopic (exact) mass is 305 g/mol. The molecule has 2 aromatic rings. The number of hydrogen-bond acceptors (Lipinski definition) is 2. The number of carboxylic acids is 1. The van der Waals surface area contributed by atoms with E-state index < -0.39 is 5.97 Å². The highest BCUT2D eigenvalue weighted by molar-refractivity contribution is 9.10. The molecule has 0 spiro atoms. The van der Waals surface area contributed by atoms with Gasteiger partial charge in [0.1, 0.15) is 0 Å². The molecule has 92 valence electrons. The molecule has 0 saturated carbocycles. The number of halogens is 1. The lowest BCUT2D eigenvalue weighted by Crippen LogP contribution is -2.09. The Balaban J connectivity index is 2.36. The van der Waals surface area contributed by atoms with Gasteiger partial charge in [0.25, 0.3) is 0 Å². The normalized spacial score (nSPS) is 12.1. The smallest absolute Gasteiger partial charge is 0.304 e. The molecule has 2 rings (SSSR count). The van der Waals surface area contributed by atoms with Crippen LogP contribution in [0.5, 0.6) is 0 Å². The van der Waals surface area contributed by atoms with Gasteiger partial charge in [-0.3, -0.25) is 9.78 Å². The number of nitrogens with zero attached hydrogens (tertiary/aromatic N) is 1. The summed E-state index contributed by atoms with van der Waals surface area (Å²) in [7, 11) is 0. The highest BCUT2D eigenvalue weighted by atomic mass is 79.9. The lowest BCUT2D eigenvalue weighted by Gasteiger charge is -2.14. The van der Waals surface area contributed by atoms with Crippen LogP contribution in [0.4, 0.5) is 0 Å². The molecule has 3 nitrogen and oxygen atoms in total. The molecular formula is C14H12BrNO2. The molecule has 4 heteroatoms. The number of hydrogen-bond donors (Lipinski definition) is 1. The summed E-state index contributed by atoms with van der Waals surface area (Å²) in [5.74, 6) is -1.04. The molecular weight excluding hydrogens is 294 g/mol. The van der Waals surface area contributed by atoms with E-state index in [4.69, 9.17) is 5.11 Å². The zero-order valence-electron chi connectivity index (χ0n) is 9.58. The first-order valence-corrected chi connectivity index (χ1v) is 6.34. The minimum absolute atomic E-state index is 0.0403. The third-order valence-electron chi connectivity index (χ3n) is 2.70.